The van der Waals surface area contributed by atoms with Crippen molar-refractivity contribution in [3.63, 3.8) is 0 Å². The van der Waals surface area contributed by atoms with Gasteiger partial charge in [-0.15, -0.1) is 0 Å². The molecule has 0 saturated heterocycles. The Kier molecular flexibility index (Phi) is 4.78. The molecule has 2 aromatic rings. The summed E-state index contributed by atoms with van der Waals surface area (Å²) in [5.74, 6) is -1.03. The molecule has 114 valence electrons. The van der Waals surface area contributed by atoms with Gasteiger partial charge in [-0.25, -0.2) is 9.59 Å². The molecule has 5 nitrogen and oxygen atoms in total. The van der Waals surface area contributed by atoms with Crippen LogP contribution in [0.2, 0.25) is 0 Å². The van der Waals surface area contributed by atoms with E-state index in [1.54, 1.807) is 19.9 Å². The highest BCUT2D eigenvalue weighted by atomic mass is 16.5. The van der Waals surface area contributed by atoms with Crippen LogP contribution in [-0.2, 0) is 11.3 Å². The van der Waals surface area contributed by atoms with Gasteiger partial charge < -0.3 is 9.84 Å². The van der Waals surface area contributed by atoms with Crippen molar-refractivity contribution in [3.05, 3.63) is 64.7 Å². The molecule has 2 aromatic carbocycles. The molecule has 0 aliphatic rings. The summed E-state index contributed by atoms with van der Waals surface area (Å²) in [4.78, 5) is 23.0. The van der Waals surface area contributed by atoms with Crippen molar-refractivity contribution in [3.8, 4) is 0 Å². The van der Waals surface area contributed by atoms with Crippen LogP contribution in [0.25, 0.3) is 0 Å². The van der Waals surface area contributed by atoms with Gasteiger partial charge in [-0.1, -0.05) is 36.4 Å². The number of rotatable bonds is 4. The molecule has 0 saturated carbocycles. The van der Waals surface area contributed by atoms with E-state index >= 15 is 0 Å². The van der Waals surface area contributed by atoms with Crippen LogP contribution in [0.4, 0.5) is 10.5 Å². The lowest BCUT2D eigenvalue weighted by molar-refractivity contribution is 0.0696. The number of anilines is 1. The third-order valence-corrected chi connectivity index (χ3v) is 3.25. The molecule has 0 radical (unpaired) electrons. The van der Waals surface area contributed by atoms with Gasteiger partial charge in [-0.3, -0.25) is 5.32 Å². The maximum atomic E-state index is 11.8. The number of benzene rings is 2. The minimum Gasteiger partial charge on any atom is -0.478 e. The van der Waals surface area contributed by atoms with Crippen LogP contribution < -0.4 is 5.32 Å². The predicted molar refractivity (Wildman–Crippen MR) is 83.1 cm³/mol. The first-order valence-electron chi connectivity index (χ1n) is 6.79. The lowest BCUT2D eigenvalue weighted by Crippen LogP contribution is -2.15. The topological polar surface area (TPSA) is 75.6 Å². The Morgan fingerprint density at radius 2 is 1.77 bits per heavy atom. The zero-order valence-electron chi connectivity index (χ0n) is 12.4. The van der Waals surface area contributed by atoms with Crippen molar-refractivity contribution in [2.45, 2.75) is 20.5 Å². The molecular weight excluding hydrogens is 282 g/mol. The lowest BCUT2D eigenvalue weighted by atomic mass is 10.0. The van der Waals surface area contributed by atoms with Crippen LogP contribution in [0.3, 0.4) is 0 Å². The van der Waals surface area contributed by atoms with Crippen LogP contribution in [0, 0.1) is 13.8 Å². The molecule has 22 heavy (non-hydrogen) atoms. The second-order valence-corrected chi connectivity index (χ2v) is 4.97. The van der Waals surface area contributed by atoms with Gasteiger partial charge in [-0.2, -0.15) is 0 Å². The van der Waals surface area contributed by atoms with E-state index in [0.29, 0.717) is 11.3 Å². The van der Waals surface area contributed by atoms with Gasteiger partial charge >= 0.3 is 12.1 Å². The average molecular weight is 299 g/mol. The van der Waals surface area contributed by atoms with Crippen molar-refractivity contribution in [1.82, 2.24) is 0 Å². The summed E-state index contributed by atoms with van der Waals surface area (Å²) in [7, 11) is 0. The Morgan fingerprint density at radius 3 is 2.41 bits per heavy atom. The largest absolute Gasteiger partial charge is 0.478 e. The summed E-state index contributed by atoms with van der Waals surface area (Å²) in [6, 6.07) is 12.5. The van der Waals surface area contributed by atoms with Gasteiger partial charge in [0.15, 0.2) is 0 Å². The summed E-state index contributed by atoms with van der Waals surface area (Å²) in [6.45, 7) is 3.67. The Labute approximate surface area is 128 Å². The van der Waals surface area contributed by atoms with E-state index in [2.05, 4.69) is 5.32 Å². The highest BCUT2D eigenvalue weighted by molar-refractivity contribution is 5.93. The summed E-state index contributed by atoms with van der Waals surface area (Å²) in [5, 5.41) is 11.7. The summed E-state index contributed by atoms with van der Waals surface area (Å²) in [5.41, 5.74) is 2.89. The van der Waals surface area contributed by atoms with Gasteiger partial charge in [-0.05, 0) is 36.6 Å². The van der Waals surface area contributed by atoms with Gasteiger partial charge in [0.2, 0.25) is 0 Å². The Hall–Kier alpha value is -2.82. The van der Waals surface area contributed by atoms with Gasteiger partial charge in [0.25, 0.3) is 0 Å². The number of ether oxygens (including phenoxy) is 1. The molecule has 1 amide bonds. The molecule has 0 unspecified atom stereocenters. The normalized spacial score (nSPS) is 10.1. The van der Waals surface area contributed by atoms with Crippen molar-refractivity contribution in [2.24, 2.45) is 0 Å². The van der Waals surface area contributed by atoms with Crippen LogP contribution in [0.5, 0.6) is 0 Å². The molecular formula is C17H17NO4. The number of nitrogens with one attached hydrogen (secondary N) is 1. The third kappa shape index (κ3) is 3.85. The molecule has 2 N–H and O–H groups in total. The highest BCUT2D eigenvalue weighted by Gasteiger charge is 2.13. The summed E-state index contributed by atoms with van der Waals surface area (Å²) < 4.78 is 5.12. The molecule has 5 heteroatoms. The molecule has 0 atom stereocenters. The van der Waals surface area contributed by atoms with Crippen molar-refractivity contribution < 1.29 is 19.4 Å². The smallest absolute Gasteiger partial charge is 0.411 e. The third-order valence-electron chi connectivity index (χ3n) is 3.25. The quantitative estimate of drug-likeness (QED) is 0.901. The second-order valence-electron chi connectivity index (χ2n) is 4.97. The first kappa shape index (κ1) is 15.6. The fourth-order valence-corrected chi connectivity index (χ4v) is 2.09. The maximum absolute atomic E-state index is 11.8. The first-order chi connectivity index (χ1) is 10.5. The van der Waals surface area contributed by atoms with E-state index in [1.165, 1.54) is 6.07 Å². The highest BCUT2D eigenvalue weighted by Crippen LogP contribution is 2.21. The minimum atomic E-state index is -1.03. The number of aromatic carboxylic acids is 1. The van der Waals surface area contributed by atoms with E-state index in [9.17, 15) is 9.59 Å². The predicted octanol–water partition coefficient (Wildman–Crippen LogP) is 3.75. The molecule has 0 heterocycles. The van der Waals surface area contributed by atoms with Gasteiger partial charge in [0, 0.05) is 5.69 Å². The fraction of sp³-hybridized carbons (Fsp3) is 0.176. The minimum absolute atomic E-state index is 0.156. The van der Waals surface area contributed by atoms with Gasteiger partial charge in [0.05, 0.1) is 5.56 Å². The maximum Gasteiger partial charge on any atom is 0.411 e. The number of carboxylic acids is 1. The number of carbonyl (C=O) groups excluding carboxylic acids is 1. The monoisotopic (exact) mass is 299 g/mol. The van der Waals surface area contributed by atoms with Crippen molar-refractivity contribution in [2.75, 3.05) is 5.32 Å². The van der Waals surface area contributed by atoms with Crippen molar-refractivity contribution >= 4 is 17.7 Å². The lowest BCUT2D eigenvalue weighted by Gasteiger charge is -2.12. The number of carbonyl (C=O) groups is 2. The van der Waals surface area contributed by atoms with Gasteiger partial charge in [0.1, 0.15) is 6.61 Å². The van der Waals surface area contributed by atoms with Crippen LogP contribution in [0.1, 0.15) is 27.0 Å². The molecule has 2 rings (SSSR count). The van der Waals surface area contributed by atoms with E-state index in [1.807, 2.05) is 30.3 Å². The second kappa shape index (κ2) is 6.76. The molecule has 0 aliphatic heterocycles. The fourth-order valence-electron chi connectivity index (χ4n) is 2.09. The van der Waals surface area contributed by atoms with Crippen molar-refractivity contribution in [1.29, 1.82) is 0 Å². The number of carboxylic acid groups (broad SMARTS) is 1. The molecule has 0 aromatic heterocycles. The van der Waals surface area contributed by atoms with Crippen LogP contribution in [0.15, 0.2) is 42.5 Å². The summed E-state index contributed by atoms with van der Waals surface area (Å²) >= 11 is 0. The van der Waals surface area contributed by atoms with E-state index in [-0.39, 0.29) is 12.2 Å². The zero-order valence-corrected chi connectivity index (χ0v) is 12.4. The SMILES string of the molecule is Cc1cc(C)c(C(=O)O)cc1NC(=O)OCc1ccccc1. The molecule has 0 spiro atoms. The van der Waals surface area contributed by atoms with Crippen LogP contribution in [-0.4, -0.2) is 17.2 Å². The molecule has 0 fully saturated rings. The first-order valence-corrected chi connectivity index (χ1v) is 6.79. The van der Waals surface area contributed by atoms with E-state index in [4.69, 9.17) is 9.84 Å². The number of aryl methyl sites for hydroxylation is 2. The van der Waals surface area contributed by atoms with E-state index < -0.39 is 12.1 Å². The Morgan fingerprint density at radius 1 is 1.09 bits per heavy atom. The van der Waals surface area contributed by atoms with Crippen LogP contribution >= 0.6 is 0 Å². The Balaban J connectivity index is 2.05. The molecule has 0 aliphatic carbocycles. The standard InChI is InChI=1S/C17H17NO4/c1-11-8-12(2)15(9-14(11)16(19)20)18-17(21)22-10-13-6-4-3-5-7-13/h3-9H,10H2,1-2H3,(H,18,21)(H,19,20). The number of amides is 1. The zero-order chi connectivity index (χ0) is 16.1. The number of hydrogen-bond donors (Lipinski definition) is 2. The Bertz CT molecular complexity index is 695. The summed E-state index contributed by atoms with van der Waals surface area (Å²) in [6.07, 6.45) is -0.618. The average Bonchev–Trinajstić information content (AvgIpc) is 2.48. The molecule has 0 bridgehead atoms. The van der Waals surface area contributed by atoms with E-state index in [0.717, 1.165) is 11.1 Å². The number of hydrogen-bond acceptors (Lipinski definition) is 3.